The Morgan fingerprint density at radius 1 is 1.00 bits per heavy atom. The maximum absolute atomic E-state index is 11.8. The highest BCUT2D eigenvalue weighted by atomic mass is 32.1. The van der Waals surface area contributed by atoms with Crippen LogP contribution in [0.1, 0.15) is 10.6 Å². The van der Waals surface area contributed by atoms with Crippen LogP contribution < -0.4 is 10.6 Å². The fraction of sp³-hybridized carbons (Fsp3) is 0.111. The Kier molecular flexibility index (Phi) is 5.08. The minimum absolute atomic E-state index is 0.222. The summed E-state index contributed by atoms with van der Waals surface area (Å²) in [5, 5.41) is 17.7. The molecule has 0 unspecified atom stereocenters. The molecule has 0 atom stereocenters. The van der Waals surface area contributed by atoms with E-state index in [2.05, 4.69) is 15.6 Å². The molecular formula is C18H17N3O2S. The van der Waals surface area contributed by atoms with Crippen LogP contribution in [0.5, 0.6) is 5.75 Å². The van der Waals surface area contributed by atoms with E-state index in [0.29, 0.717) is 13.1 Å². The highest BCUT2D eigenvalue weighted by Crippen LogP contribution is 2.23. The van der Waals surface area contributed by atoms with Crippen LogP contribution in [-0.2, 0) is 13.1 Å². The van der Waals surface area contributed by atoms with Gasteiger partial charge in [-0.25, -0.2) is 9.78 Å². The summed E-state index contributed by atoms with van der Waals surface area (Å²) in [6.07, 6.45) is 0. The zero-order valence-electron chi connectivity index (χ0n) is 12.9. The van der Waals surface area contributed by atoms with E-state index in [9.17, 15) is 9.90 Å². The number of aromatic hydroxyl groups is 1. The summed E-state index contributed by atoms with van der Waals surface area (Å²) in [4.78, 5) is 16.3. The number of hydrogen-bond acceptors (Lipinski definition) is 4. The molecule has 24 heavy (non-hydrogen) atoms. The van der Waals surface area contributed by atoms with Gasteiger partial charge in [-0.15, -0.1) is 11.3 Å². The van der Waals surface area contributed by atoms with Gasteiger partial charge in [0.25, 0.3) is 0 Å². The largest absolute Gasteiger partial charge is 0.508 e. The zero-order chi connectivity index (χ0) is 16.8. The number of phenolic OH excluding ortho intramolecular Hbond substituents is 1. The molecule has 3 N–H and O–H groups in total. The van der Waals surface area contributed by atoms with Gasteiger partial charge >= 0.3 is 6.03 Å². The Morgan fingerprint density at radius 2 is 1.71 bits per heavy atom. The molecule has 0 aliphatic carbocycles. The Morgan fingerprint density at radius 3 is 2.46 bits per heavy atom. The van der Waals surface area contributed by atoms with Crippen molar-refractivity contribution < 1.29 is 9.90 Å². The molecule has 1 aromatic heterocycles. The number of nitrogens with zero attached hydrogens (tertiary/aromatic N) is 1. The van der Waals surface area contributed by atoms with Crippen molar-refractivity contribution in [3.63, 3.8) is 0 Å². The van der Waals surface area contributed by atoms with E-state index < -0.39 is 0 Å². The number of hydrogen-bond donors (Lipinski definition) is 3. The quantitative estimate of drug-likeness (QED) is 0.666. The molecule has 5 nitrogen and oxygen atoms in total. The fourth-order valence-corrected chi connectivity index (χ4v) is 2.90. The molecule has 0 saturated heterocycles. The Labute approximate surface area is 144 Å². The van der Waals surface area contributed by atoms with Gasteiger partial charge in [-0.05, 0) is 29.8 Å². The number of phenols is 1. The predicted molar refractivity (Wildman–Crippen MR) is 94.7 cm³/mol. The first-order chi connectivity index (χ1) is 11.7. The molecule has 2 aromatic carbocycles. The summed E-state index contributed by atoms with van der Waals surface area (Å²) in [5.74, 6) is 0.228. The molecule has 3 aromatic rings. The number of nitrogens with one attached hydrogen (secondary N) is 2. The normalized spacial score (nSPS) is 10.3. The molecule has 0 saturated carbocycles. The third-order valence-corrected chi connectivity index (χ3v) is 4.26. The van der Waals surface area contributed by atoms with Crippen molar-refractivity contribution in [3.8, 4) is 17.0 Å². The van der Waals surface area contributed by atoms with Gasteiger partial charge < -0.3 is 15.7 Å². The van der Waals surface area contributed by atoms with Crippen molar-refractivity contribution in [2.45, 2.75) is 13.1 Å². The second-order valence-electron chi connectivity index (χ2n) is 5.20. The van der Waals surface area contributed by atoms with Gasteiger partial charge in [-0.2, -0.15) is 0 Å². The lowest BCUT2D eigenvalue weighted by atomic mass is 10.2. The maximum Gasteiger partial charge on any atom is 0.315 e. The van der Waals surface area contributed by atoms with Gasteiger partial charge in [-0.1, -0.05) is 30.3 Å². The SMILES string of the molecule is O=C(NCc1ccccc1)NCc1nc(-c2ccc(O)cc2)cs1. The summed E-state index contributed by atoms with van der Waals surface area (Å²) < 4.78 is 0. The molecule has 122 valence electrons. The summed E-state index contributed by atoms with van der Waals surface area (Å²) in [7, 11) is 0. The Bertz CT molecular complexity index is 801. The van der Waals surface area contributed by atoms with Crippen molar-refractivity contribution in [2.24, 2.45) is 0 Å². The highest BCUT2D eigenvalue weighted by molar-refractivity contribution is 7.09. The monoisotopic (exact) mass is 339 g/mol. The molecular weight excluding hydrogens is 322 g/mol. The van der Waals surface area contributed by atoms with Crippen molar-refractivity contribution in [3.05, 3.63) is 70.5 Å². The summed E-state index contributed by atoms with van der Waals surface area (Å²) in [6, 6.07) is 16.4. The molecule has 3 rings (SSSR count). The third-order valence-electron chi connectivity index (χ3n) is 3.41. The molecule has 2 amide bonds. The van der Waals surface area contributed by atoms with Crippen molar-refractivity contribution in [2.75, 3.05) is 0 Å². The van der Waals surface area contributed by atoms with Gasteiger partial charge in [0.15, 0.2) is 0 Å². The molecule has 0 radical (unpaired) electrons. The third kappa shape index (κ3) is 4.33. The number of urea groups is 1. The van der Waals surface area contributed by atoms with E-state index in [4.69, 9.17) is 0 Å². The maximum atomic E-state index is 11.8. The number of carbonyl (C=O) groups is 1. The van der Waals surface area contributed by atoms with Gasteiger partial charge in [-0.3, -0.25) is 0 Å². The first-order valence-electron chi connectivity index (χ1n) is 7.50. The van der Waals surface area contributed by atoms with Crippen molar-refractivity contribution in [1.29, 1.82) is 0 Å². The van der Waals surface area contributed by atoms with E-state index in [1.165, 1.54) is 11.3 Å². The van der Waals surface area contributed by atoms with Crippen LogP contribution in [0, 0.1) is 0 Å². The van der Waals surface area contributed by atoms with Gasteiger partial charge in [0.2, 0.25) is 0 Å². The van der Waals surface area contributed by atoms with Crippen molar-refractivity contribution >= 4 is 17.4 Å². The Balaban J connectivity index is 1.50. The van der Waals surface area contributed by atoms with Crippen LogP contribution in [0.25, 0.3) is 11.3 Å². The molecule has 6 heteroatoms. The van der Waals surface area contributed by atoms with E-state index in [1.54, 1.807) is 12.1 Å². The van der Waals surface area contributed by atoms with E-state index in [1.807, 2.05) is 47.8 Å². The smallest absolute Gasteiger partial charge is 0.315 e. The second-order valence-corrected chi connectivity index (χ2v) is 6.14. The minimum atomic E-state index is -0.222. The van der Waals surface area contributed by atoms with E-state index >= 15 is 0 Å². The number of aromatic nitrogens is 1. The number of carbonyl (C=O) groups excluding carboxylic acids is 1. The van der Waals surface area contributed by atoms with Crippen LogP contribution >= 0.6 is 11.3 Å². The lowest BCUT2D eigenvalue weighted by Gasteiger charge is -2.06. The summed E-state index contributed by atoms with van der Waals surface area (Å²) in [6.45, 7) is 0.868. The number of rotatable bonds is 5. The number of amides is 2. The van der Waals surface area contributed by atoms with Crippen molar-refractivity contribution in [1.82, 2.24) is 15.6 Å². The topological polar surface area (TPSA) is 74.2 Å². The lowest BCUT2D eigenvalue weighted by Crippen LogP contribution is -2.34. The first kappa shape index (κ1) is 16.0. The van der Waals surface area contributed by atoms with E-state index in [-0.39, 0.29) is 11.8 Å². The molecule has 0 fully saturated rings. The van der Waals surface area contributed by atoms with E-state index in [0.717, 1.165) is 21.8 Å². The Hall–Kier alpha value is -2.86. The first-order valence-corrected chi connectivity index (χ1v) is 8.38. The average Bonchev–Trinajstić information content (AvgIpc) is 3.09. The van der Waals surface area contributed by atoms with Crippen LogP contribution in [0.4, 0.5) is 4.79 Å². The van der Waals surface area contributed by atoms with Crippen LogP contribution in [-0.4, -0.2) is 16.1 Å². The molecule has 0 aliphatic heterocycles. The number of thiazole rings is 1. The highest BCUT2D eigenvalue weighted by Gasteiger charge is 2.06. The van der Waals surface area contributed by atoms with Gasteiger partial charge in [0.1, 0.15) is 10.8 Å². The minimum Gasteiger partial charge on any atom is -0.508 e. The van der Waals surface area contributed by atoms with Crippen LogP contribution in [0.2, 0.25) is 0 Å². The van der Waals surface area contributed by atoms with Gasteiger partial charge in [0, 0.05) is 17.5 Å². The summed E-state index contributed by atoms with van der Waals surface area (Å²) in [5.41, 5.74) is 2.82. The van der Waals surface area contributed by atoms with Crippen LogP contribution in [0.3, 0.4) is 0 Å². The average molecular weight is 339 g/mol. The molecule has 0 aliphatic rings. The predicted octanol–water partition coefficient (Wildman–Crippen LogP) is 3.52. The summed E-state index contributed by atoms with van der Waals surface area (Å²) >= 11 is 1.49. The lowest BCUT2D eigenvalue weighted by molar-refractivity contribution is 0.240. The molecule has 0 bridgehead atoms. The van der Waals surface area contributed by atoms with Gasteiger partial charge in [0.05, 0.1) is 12.2 Å². The van der Waals surface area contributed by atoms with Crippen LogP contribution in [0.15, 0.2) is 60.0 Å². The second kappa shape index (κ2) is 7.61. The fourth-order valence-electron chi connectivity index (χ4n) is 2.15. The standard InChI is InChI=1S/C18H17N3O2S/c22-15-8-6-14(7-9-15)16-12-24-17(21-16)11-20-18(23)19-10-13-4-2-1-3-5-13/h1-9,12,22H,10-11H2,(H2,19,20,23). The number of benzene rings is 2. The zero-order valence-corrected chi connectivity index (χ0v) is 13.7. The molecule has 1 heterocycles. The molecule has 0 spiro atoms.